The van der Waals surface area contributed by atoms with Gasteiger partial charge < -0.3 is 19.5 Å². The summed E-state index contributed by atoms with van der Waals surface area (Å²) in [7, 11) is 0. The van der Waals surface area contributed by atoms with Crippen molar-refractivity contribution in [2.75, 3.05) is 25.1 Å². The normalized spacial score (nSPS) is 10.2. The van der Waals surface area contributed by atoms with Crippen LogP contribution in [0.25, 0.3) is 0 Å². The SMILES string of the molecule is CCOc1ccccc1OCCCC(=O)OCC(=O)Nc1cc(Cl)ccc1F. The van der Waals surface area contributed by atoms with Gasteiger partial charge in [-0.2, -0.15) is 0 Å². The molecular weight excluding hydrogens is 389 g/mol. The molecule has 1 N–H and O–H groups in total. The molecule has 28 heavy (non-hydrogen) atoms. The predicted octanol–water partition coefficient (Wildman–Crippen LogP) is 4.22. The second-order valence-corrected chi connectivity index (χ2v) is 6.10. The molecule has 0 atom stereocenters. The first-order chi connectivity index (χ1) is 13.5. The van der Waals surface area contributed by atoms with E-state index in [0.29, 0.717) is 31.1 Å². The lowest BCUT2D eigenvalue weighted by Gasteiger charge is -2.11. The van der Waals surface area contributed by atoms with E-state index >= 15 is 0 Å². The summed E-state index contributed by atoms with van der Waals surface area (Å²) < 4.78 is 29.5. The fourth-order valence-corrected chi connectivity index (χ4v) is 2.41. The monoisotopic (exact) mass is 409 g/mol. The largest absolute Gasteiger partial charge is 0.490 e. The molecule has 2 aromatic rings. The fourth-order valence-electron chi connectivity index (χ4n) is 2.24. The second kappa shape index (κ2) is 11.1. The van der Waals surface area contributed by atoms with Gasteiger partial charge in [0.25, 0.3) is 5.91 Å². The first kappa shape index (κ1) is 21.5. The maximum atomic E-state index is 13.5. The molecular formula is C20H21ClFNO5. The number of halogens is 2. The molecule has 0 saturated carbocycles. The summed E-state index contributed by atoms with van der Waals surface area (Å²) in [6.07, 6.45) is 0.486. The molecule has 0 spiro atoms. The number of para-hydroxylation sites is 2. The number of benzene rings is 2. The van der Waals surface area contributed by atoms with Gasteiger partial charge in [0, 0.05) is 11.4 Å². The van der Waals surface area contributed by atoms with Gasteiger partial charge in [-0.1, -0.05) is 23.7 Å². The molecule has 0 aliphatic heterocycles. The molecule has 150 valence electrons. The van der Waals surface area contributed by atoms with Gasteiger partial charge in [0.05, 0.1) is 18.9 Å². The maximum absolute atomic E-state index is 13.5. The Morgan fingerprint density at radius 2 is 1.82 bits per heavy atom. The molecule has 0 fully saturated rings. The molecule has 2 aromatic carbocycles. The smallest absolute Gasteiger partial charge is 0.306 e. The molecule has 8 heteroatoms. The van der Waals surface area contributed by atoms with E-state index in [1.165, 1.54) is 12.1 Å². The van der Waals surface area contributed by atoms with Gasteiger partial charge in [-0.3, -0.25) is 9.59 Å². The minimum absolute atomic E-state index is 0.0742. The van der Waals surface area contributed by atoms with Crippen molar-refractivity contribution in [3.8, 4) is 11.5 Å². The zero-order chi connectivity index (χ0) is 20.4. The third-order valence-electron chi connectivity index (χ3n) is 3.50. The predicted molar refractivity (Wildman–Crippen MR) is 103 cm³/mol. The summed E-state index contributed by atoms with van der Waals surface area (Å²) in [6.45, 7) is 2.18. The molecule has 1 amide bonds. The number of carbonyl (C=O) groups excluding carboxylic acids is 2. The number of ether oxygens (including phenoxy) is 3. The molecule has 0 aliphatic carbocycles. The van der Waals surface area contributed by atoms with Crippen LogP contribution in [-0.4, -0.2) is 31.7 Å². The highest BCUT2D eigenvalue weighted by molar-refractivity contribution is 6.30. The van der Waals surface area contributed by atoms with E-state index in [1.807, 2.05) is 19.1 Å². The zero-order valence-corrected chi connectivity index (χ0v) is 16.1. The Labute approximate surface area is 167 Å². The first-order valence-electron chi connectivity index (χ1n) is 8.74. The second-order valence-electron chi connectivity index (χ2n) is 5.66. The zero-order valence-electron chi connectivity index (χ0n) is 15.4. The summed E-state index contributed by atoms with van der Waals surface area (Å²) in [6, 6.07) is 11.0. The first-order valence-corrected chi connectivity index (χ1v) is 9.12. The molecule has 0 bridgehead atoms. The number of esters is 1. The molecule has 0 saturated heterocycles. The van der Waals surface area contributed by atoms with E-state index in [-0.39, 0.29) is 17.1 Å². The topological polar surface area (TPSA) is 73.9 Å². The van der Waals surface area contributed by atoms with E-state index in [0.717, 1.165) is 6.07 Å². The van der Waals surface area contributed by atoms with Crippen LogP contribution in [0.15, 0.2) is 42.5 Å². The average molecular weight is 410 g/mol. The van der Waals surface area contributed by atoms with Crippen LogP contribution in [0, 0.1) is 5.82 Å². The highest BCUT2D eigenvalue weighted by atomic mass is 35.5. The van der Waals surface area contributed by atoms with Crippen molar-refractivity contribution in [3.63, 3.8) is 0 Å². The lowest BCUT2D eigenvalue weighted by Crippen LogP contribution is -2.21. The summed E-state index contributed by atoms with van der Waals surface area (Å²) in [5, 5.41) is 2.58. The molecule has 0 unspecified atom stereocenters. The van der Waals surface area contributed by atoms with E-state index in [9.17, 15) is 14.0 Å². The quantitative estimate of drug-likeness (QED) is 0.470. The third kappa shape index (κ3) is 7.08. The van der Waals surface area contributed by atoms with Crippen molar-refractivity contribution < 1.29 is 28.2 Å². The standard InChI is InChI=1S/C20H21ClFNO5/c1-2-26-17-6-3-4-7-18(17)27-11-5-8-20(25)28-13-19(24)23-16-12-14(21)9-10-15(16)22/h3-4,6-7,9-10,12H,2,5,8,11,13H2,1H3,(H,23,24). The molecule has 0 heterocycles. The van der Waals surface area contributed by atoms with Crippen LogP contribution in [0.1, 0.15) is 19.8 Å². The molecule has 6 nitrogen and oxygen atoms in total. The molecule has 0 aliphatic rings. The van der Waals surface area contributed by atoms with Crippen molar-refractivity contribution in [1.29, 1.82) is 0 Å². The van der Waals surface area contributed by atoms with Crippen LogP contribution in [0.5, 0.6) is 11.5 Å². The number of hydrogen-bond donors (Lipinski definition) is 1. The van der Waals surface area contributed by atoms with Gasteiger partial charge in [0.15, 0.2) is 18.1 Å². The summed E-state index contributed by atoms with van der Waals surface area (Å²) >= 11 is 5.75. The van der Waals surface area contributed by atoms with Crippen LogP contribution in [0.4, 0.5) is 10.1 Å². The number of amides is 1. The van der Waals surface area contributed by atoms with Gasteiger partial charge in [0.1, 0.15) is 5.82 Å². The van der Waals surface area contributed by atoms with Crippen molar-refractivity contribution in [3.05, 3.63) is 53.3 Å². The summed E-state index contributed by atoms with van der Waals surface area (Å²) in [4.78, 5) is 23.5. The van der Waals surface area contributed by atoms with Crippen molar-refractivity contribution in [2.24, 2.45) is 0 Å². The van der Waals surface area contributed by atoms with Crippen molar-refractivity contribution in [1.82, 2.24) is 0 Å². The Kier molecular flexibility index (Phi) is 8.55. The molecule has 0 aromatic heterocycles. The highest BCUT2D eigenvalue weighted by Crippen LogP contribution is 2.26. The summed E-state index contributed by atoms with van der Waals surface area (Å²) in [5.74, 6) is -0.605. The number of anilines is 1. The van der Waals surface area contributed by atoms with Gasteiger partial charge >= 0.3 is 5.97 Å². The van der Waals surface area contributed by atoms with Crippen LogP contribution >= 0.6 is 11.6 Å². The minimum Gasteiger partial charge on any atom is -0.490 e. The van der Waals surface area contributed by atoms with Crippen LogP contribution in [0.2, 0.25) is 5.02 Å². The number of carbonyl (C=O) groups is 2. The average Bonchev–Trinajstić information content (AvgIpc) is 2.68. The molecule has 0 radical (unpaired) electrons. The van der Waals surface area contributed by atoms with Gasteiger partial charge in [-0.05, 0) is 43.7 Å². The number of rotatable bonds is 10. The Bertz CT molecular complexity index is 815. The van der Waals surface area contributed by atoms with Crippen molar-refractivity contribution in [2.45, 2.75) is 19.8 Å². The lowest BCUT2D eigenvalue weighted by molar-refractivity contribution is -0.147. The Morgan fingerprint density at radius 3 is 2.54 bits per heavy atom. The Morgan fingerprint density at radius 1 is 1.11 bits per heavy atom. The van der Waals surface area contributed by atoms with E-state index in [4.69, 9.17) is 25.8 Å². The van der Waals surface area contributed by atoms with E-state index < -0.39 is 24.3 Å². The van der Waals surface area contributed by atoms with Crippen LogP contribution < -0.4 is 14.8 Å². The molecule has 2 rings (SSSR count). The van der Waals surface area contributed by atoms with Gasteiger partial charge in [0.2, 0.25) is 0 Å². The van der Waals surface area contributed by atoms with Crippen LogP contribution in [-0.2, 0) is 14.3 Å². The number of nitrogens with one attached hydrogen (secondary N) is 1. The van der Waals surface area contributed by atoms with E-state index in [1.54, 1.807) is 12.1 Å². The minimum atomic E-state index is -0.656. The van der Waals surface area contributed by atoms with Gasteiger partial charge in [-0.15, -0.1) is 0 Å². The number of hydrogen-bond acceptors (Lipinski definition) is 5. The third-order valence-corrected chi connectivity index (χ3v) is 3.73. The van der Waals surface area contributed by atoms with E-state index in [2.05, 4.69) is 5.32 Å². The lowest BCUT2D eigenvalue weighted by atomic mass is 10.3. The van der Waals surface area contributed by atoms with Gasteiger partial charge in [-0.25, -0.2) is 4.39 Å². The fraction of sp³-hybridized carbons (Fsp3) is 0.300. The Hall–Kier alpha value is -2.80. The summed E-state index contributed by atoms with van der Waals surface area (Å²) in [5.41, 5.74) is -0.0742. The maximum Gasteiger partial charge on any atom is 0.306 e. The van der Waals surface area contributed by atoms with Crippen LogP contribution in [0.3, 0.4) is 0 Å². The Balaban J connectivity index is 1.67. The highest BCUT2D eigenvalue weighted by Gasteiger charge is 2.11. The van der Waals surface area contributed by atoms with Crippen molar-refractivity contribution >= 4 is 29.2 Å².